The van der Waals surface area contributed by atoms with Gasteiger partial charge in [0.25, 0.3) is 0 Å². The predicted molar refractivity (Wildman–Crippen MR) is 56.5 cm³/mol. The quantitative estimate of drug-likeness (QED) is 0.826. The SMILES string of the molecule is CCC(O)Cc1ccc(Cl)c(Cl)c1. The Morgan fingerprint density at radius 1 is 1.31 bits per heavy atom. The highest BCUT2D eigenvalue weighted by atomic mass is 35.5. The van der Waals surface area contributed by atoms with Crippen molar-refractivity contribution in [1.82, 2.24) is 0 Å². The molecule has 0 amide bonds. The Morgan fingerprint density at radius 3 is 2.54 bits per heavy atom. The van der Waals surface area contributed by atoms with Crippen molar-refractivity contribution in [2.45, 2.75) is 25.9 Å². The lowest BCUT2D eigenvalue weighted by Gasteiger charge is -2.07. The van der Waals surface area contributed by atoms with E-state index in [9.17, 15) is 5.11 Å². The smallest absolute Gasteiger partial charge is 0.0595 e. The van der Waals surface area contributed by atoms with Crippen LogP contribution in [-0.4, -0.2) is 11.2 Å². The fourth-order valence-corrected chi connectivity index (χ4v) is 1.40. The van der Waals surface area contributed by atoms with Crippen molar-refractivity contribution in [3.05, 3.63) is 33.8 Å². The van der Waals surface area contributed by atoms with Crippen LogP contribution in [0.1, 0.15) is 18.9 Å². The standard InChI is InChI=1S/C10H12Cl2O/c1-2-8(13)5-7-3-4-9(11)10(12)6-7/h3-4,6,8,13H,2,5H2,1H3. The first-order valence-electron chi connectivity index (χ1n) is 4.25. The van der Waals surface area contributed by atoms with Crippen LogP contribution >= 0.6 is 23.2 Å². The fourth-order valence-electron chi connectivity index (χ4n) is 1.08. The molecule has 0 spiro atoms. The van der Waals surface area contributed by atoms with E-state index in [1.165, 1.54) is 0 Å². The Morgan fingerprint density at radius 2 is 2.00 bits per heavy atom. The van der Waals surface area contributed by atoms with Crippen molar-refractivity contribution < 1.29 is 5.11 Å². The first-order valence-corrected chi connectivity index (χ1v) is 5.01. The number of hydrogen-bond donors (Lipinski definition) is 1. The molecule has 0 heterocycles. The zero-order chi connectivity index (χ0) is 9.84. The van der Waals surface area contributed by atoms with Gasteiger partial charge in [-0.3, -0.25) is 0 Å². The third kappa shape index (κ3) is 3.18. The molecular formula is C10H12Cl2O. The molecule has 1 aromatic rings. The highest BCUT2D eigenvalue weighted by molar-refractivity contribution is 6.42. The predicted octanol–water partition coefficient (Wildman–Crippen LogP) is 3.31. The van der Waals surface area contributed by atoms with Crippen molar-refractivity contribution in [2.75, 3.05) is 0 Å². The Balaban J connectivity index is 2.73. The summed E-state index contributed by atoms with van der Waals surface area (Å²) in [6, 6.07) is 5.43. The van der Waals surface area contributed by atoms with Gasteiger partial charge in [0.1, 0.15) is 0 Å². The van der Waals surface area contributed by atoms with Crippen LogP contribution < -0.4 is 0 Å². The molecule has 0 radical (unpaired) electrons. The van der Waals surface area contributed by atoms with Gasteiger partial charge >= 0.3 is 0 Å². The van der Waals surface area contributed by atoms with Gasteiger partial charge in [-0.25, -0.2) is 0 Å². The summed E-state index contributed by atoms with van der Waals surface area (Å²) >= 11 is 11.6. The van der Waals surface area contributed by atoms with Gasteiger partial charge in [-0.05, 0) is 30.5 Å². The van der Waals surface area contributed by atoms with Crippen LogP contribution in [0.2, 0.25) is 10.0 Å². The number of aliphatic hydroxyl groups excluding tert-OH is 1. The molecule has 0 aromatic heterocycles. The Kier molecular flexibility index (Phi) is 4.04. The fraction of sp³-hybridized carbons (Fsp3) is 0.400. The summed E-state index contributed by atoms with van der Waals surface area (Å²) in [5.41, 5.74) is 1.02. The molecule has 72 valence electrons. The molecule has 1 unspecified atom stereocenters. The van der Waals surface area contributed by atoms with Crippen molar-refractivity contribution in [3.8, 4) is 0 Å². The molecule has 0 saturated carbocycles. The molecule has 0 bridgehead atoms. The molecule has 1 atom stereocenters. The maximum Gasteiger partial charge on any atom is 0.0595 e. The Labute approximate surface area is 88.3 Å². The van der Waals surface area contributed by atoms with Crippen LogP contribution in [0.15, 0.2) is 18.2 Å². The molecule has 13 heavy (non-hydrogen) atoms. The number of hydrogen-bond acceptors (Lipinski definition) is 1. The lowest BCUT2D eigenvalue weighted by atomic mass is 10.1. The van der Waals surface area contributed by atoms with E-state index in [1.54, 1.807) is 12.1 Å². The Bertz CT molecular complexity index is 286. The van der Waals surface area contributed by atoms with Gasteiger partial charge in [0, 0.05) is 0 Å². The summed E-state index contributed by atoms with van der Waals surface area (Å²) in [5.74, 6) is 0. The highest BCUT2D eigenvalue weighted by Gasteiger charge is 2.04. The van der Waals surface area contributed by atoms with E-state index in [0.717, 1.165) is 12.0 Å². The zero-order valence-corrected chi connectivity index (χ0v) is 8.94. The van der Waals surface area contributed by atoms with Gasteiger partial charge in [0.05, 0.1) is 16.1 Å². The first kappa shape index (κ1) is 10.8. The van der Waals surface area contributed by atoms with Crippen molar-refractivity contribution in [2.24, 2.45) is 0 Å². The number of benzene rings is 1. The lowest BCUT2D eigenvalue weighted by molar-refractivity contribution is 0.171. The maximum absolute atomic E-state index is 9.40. The van der Waals surface area contributed by atoms with E-state index in [-0.39, 0.29) is 6.10 Å². The van der Waals surface area contributed by atoms with Crippen LogP contribution in [-0.2, 0) is 6.42 Å². The summed E-state index contributed by atoms with van der Waals surface area (Å²) < 4.78 is 0. The van der Waals surface area contributed by atoms with Gasteiger partial charge in [-0.15, -0.1) is 0 Å². The lowest BCUT2D eigenvalue weighted by Crippen LogP contribution is -2.08. The second kappa shape index (κ2) is 4.85. The monoisotopic (exact) mass is 218 g/mol. The topological polar surface area (TPSA) is 20.2 Å². The van der Waals surface area contributed by atoms with Crippen molar-refractivity contribution in [3.63, 3.8) is 0 Å². The molecule has 1 aromatic carbocycles. The molecule has 0 aliphatic carbocycles. The molecule has 1 rings (SSSR count). The molecule has 3 heteroatoms. The molecule has 0 saturated heterocycles. The van der Waals surface area contributed by atoms with E-state index >= 15 is 0 Å². The van der Waals surface area contributed by atoms with E-state index in [1.807, 2.05) is 13.0 Å². The maximum atomic E-state index is 9.40. The highest BCUT2D eigenvalue weighted by Crippen LogP contribution is 2.23. The van der Waals surface area contributed by atoms with E-state index in [2.05, 4.69) is 0 Å². The summed E-state index contributed by atoms with van der Waals surface area (Å²) in [4.78, 5) is 0. The number of rotatable bonds is 3. The van der Waals surface area contributed by atoms with Crippen molar-refractivity contribution in [1.29, 1.82) is 0 Å². The third-order valence-electron chi connectivity index (χ3n) is 1.93. The van der Waals surface area contributed by atoms with Gasteiger partial charge < -0.3 is 5.11 Å². The minimum atomic E-state index is -0.294. The van der Waals surface area contributed by atoms with E-state index in [0.29, 0.717) is 16.5 Å². The molecule has 1 N–H and O–H groups in total. The minimum Gasteiger partial charge on any atom is -0.393 e. The summed E-state index contributed by atoms with van der Waals surface area (Å²) in [5, 5.41) is 10.5. The normalized spacial score (nSPS) is 12.9. The van der Waals surface area contributed by atoms with E-state index in [4.69, 9.17) is 23.2 Å². The average molecular weight is 219 g/mol. The number of halogens is 2. The third-order valence-corrected chi connectivity index (χ3v) is 2.67. The molecule has 0 aliphatic rings. The zero-order valence-electron chi connectivity index (χ0n) is 7.43. The summed E-state index contributed by atoms with van der Waals surface area (Å²) in [6.45, 7) is 1.95. The summed E-state index contributed by atoms with van der Waals surface area (Å²) in [6.07, 6.45) is 1.09. The van der Waals surface area contributed by atoms with Gasteiger partial charge in [-0.2, -0.15) is 0 Å². The van der Waals surface area contributed by atoms with Gasteiger partial charge in [0.2, 0.25) is 0 Å². The van der Waals surface area contributed by atoms with Crippen LogP contribution in [0.4, 0.5) is 0 Å². The first-order chi connectivity index (χ1) is 6.13. The average Bonchev–Trinajstić information content (AvgIpc) is 2.11. The molecule has 0 aliphatic heterocycles. The molecule has 0 fully saturated rings. The van der Waals surface area contributed by atoms with Crippen LogP contribution in [0.5, 0.6) is 0 Å². The van der Waals surface area contributed by atoms with Crippen molar-refractivity contribution >= 4 is 23.2 Å². The molecule has 1 nitrogen and oxygen atoms in total. The minimum absolute atomic E-state index is 0.294. The number of aliphatic hydroxyl groups is 1. The second-order valence-corrected chi connectivity index (χ2v) is 3.83. The van der Waals surface area contributed by atoms with Gasteiger partial charge in [0.15, 0.2) is 0 Å². The second-order valence-electron chi connectivity index (χ2n) is 3.01. The largest absolute Gasteiger partial charge is 0.393 e. The summed E-state index contributed by atoms with van der Waals surface area (Å²) in [7, 11) is 0. The molecular weight excluding hydrogens is 207 g/mol. The van der Waals surface area contributed by atoms with E-state index < -0.39 is 0 Å². The van der Waals surface area contributed by atoms with Crippen LogP contribution in [0, 0.1) is 0 Å². The Hall–Kier alpha value is -0.240. The van der Waals surface area contributed by atoms with Gasteiger partial charge in [-0.1, -0.05) is 36.2 Å². The van der Waals surface area contributed by atoms with Crippen LogP contribution in [0.3, 0.4) is 0 Å². The van der Waals surface area contributed by atoms with Crippen LogP contribution in [0.25, 0.3) is 0 Å².